The van der Waals surface area contributed by atoms with Crippen LogP contribution in [0.25, 0.3) is 0 Å². The van der Waals surface area contributed by atoms with Gasteiger partial charge in [0.05, 0.1) is 0 Å². The van der Waals surface area contributed by atoms with E-state index in [9.17, 15) is 0 Å². The summed E-state index contributed by atoms with van der Waals surface area (Å²) < 4.78 is 1.30. The maximum absolute atomic E-state index is 3.18. The molecule has 1 rings (SSSR count). The Balaban J connectivity index is 2.49. The zero-order chi connectivity index (χ0) is 12.0. The standard InChI is InChI=1S/C13H21IN2/c1-11(16(3)10-4-9-15-2)12-5-7-13(14)8-6-12/h5-8,11,15H,4,9-10H2,1-3H3. The van der Waals surface area contributed by atoms with E-state index in [0.29, 0.717) is 6.04 Å². The lowest BCUT2D eigenvalue weighted by molar-refractivity contribution is 0.258. The minimum Gasteiger partial charge on any atom is -0.320 e. The van der Waals surface area contributed by atoms with E-state index < -0.39 is 0 Å². The molecule has 3 heteroatoms. The average molecular weight is 332 g/mol. The van der Waals surface area contributed by atoms with Gasteiger partial charge in [-0.3, -0.25) is 4.90 Å². The van der Waals surface area contributed by atoms with Gasteiger partial charge in [-0.15, -0.1) is 0 Å². The second-order valence-electron chi connectivity index (χ2n) is 4.17. The van der Waals surface area contributed by atoms with Crippen LogP contribution in [0.1, 0.15) is 24.9 Å². The summed E-state index contributed by atoms with van der Waals surface area (Å²) in [6.07, 6.45) is 1.20. The van der Waals surface area contributed by atoms with Crippen molar-refractivity contribution >= 4 is 22.6 Å². The van der Waals surface area contributed by atoms with Gasteiger partial charge in [0.25, 0.3) is 0 Å². The zero-order valence-electron chi connectivity index (χ0n) is 10.3. The highest BCUT2D eigenvalue weighted by Gasteiger charge is 2.10. The summed E-state index contributed by atoms with van der Waals surface area (Å²) in [6.45, 7) is 4.49. The smallest absolute Gasteiger partial charge is 0.0316 e. The van der Waals surface area contributed by atoms with Crippen molar-refractivity contribution in [3.8, 4) is 0 Å². The molecule has 1 aromatic rings. The Bertz CT molecular complexity index is 297. The first-order valence-corrected chi connectivity index (χ1v) is 6.83. The topological polar surface area (TPSA) is 15.3 Å². The Labute approximate surface area is 113 Å². The van der Waals surface area contributed by atoms with Gasteiger partial charge >= 0.3 is 0 Å². The Kier molecular flexibility index (Phi) is 6.31. The molecule has 1 atom stereocenters. The summed E-state index contributed by atoms with van der Waals surface area (Å²) in [4.78, 5) is 2.40. The van der Waals surface area contributed by atoms with Crippen molar-refractivity contribution in [2.45, 2.75) is 19.4 Å². The summed E-state index contributed by atoms with van der Waals surface area (Å²) >= 11 is 2.34. The summed E-state index contributed by atoms with van der Waals surface area (Å²) in [5.41, 5.74) is 1.40. The molecule has 2 nitrogen and oxygen atoms in total. The van der Waals surface area contributed by atoms with E-state index in [-0.39, 0.29) is 0 Å². The molecule has 16 heavy (non-hydrogen) atoms. The third-order valence-corrected chi connectivity index (χ3v) is 3.67. The number of nitrogens with zero attached hydrogens (tertiary/aromatic N) is 1. The van der Waals surface area contributed by atoms with Crippen LogP contribution in [-0.4, -0.2) is 32.1 Å². The Hall–Kier alpha value is -0.130. The van der Waals surface area contributed by atoms with E-state index in [4.69, 9.17) is 0 Å². The fraction of sp³-hybridized carbons (Fsp3) is 0.538. The van der Waals surface area contributed by atoms with Crippen molar-refractivity contribution in [3.05, 3.63) is 33.4 Å². The molecule has 1 aromatic carbocycles. The maximum Gasteiger partial charge on any atom is 0.0316 e. The number of benzene rings is 1. The first-order chi connectivity index (χ1) is 7.65. The van der Waals surface area contributed by atoms with Gasteiger partial charge in [-0.2, -0.15) is 0 Å². The molecule has 0 fully saturated rings. The van der Waals surface area contributed by atoms with Crippen LogP contribution in [0.5, 0.6) is 0 Å². The van der Waals surface area contributed by atoms with Crippen LogP contribution in [0.2, 0.25) is 0 Å². The normalized spacial score (nSPS) is 13.1. The van der Waals surface area contributed by atoms with Crippen LogP contribution in [0.4, 0.5) is 0 Å². The lowest BCUT2D eigenvalue weighted by Crippen LogP contribution is -2.25. The molecule has 0 bridgehead atoms. The highest BCUT2D eigenvalue weighted by Crippen LogP contribution is 2.19. The predicted molar refractivity (Wildman–Crippen MR) is 78.7 cm³/mol. The first kappa shape index (κ1) is 13.9. The van der Waals surface area contributed by atoms with Gasteiger partial charge in [-0.25, -0.2) is 0 Å². The Morgan fingerprint density at radius 2 is 1.94 bits per heavy atom. The molecule has 0 radical (unpaired) electrons. The van der Waals surface area contributed by atoms with Crippen LogP contribution in [0.3, 0.4) is 0 Å². The number of halogens is 1. The van der Waals surface area contributed by atoms with Crippen molar-refractivity contribution in [1.82, 2.24) is 10.2 Å². The van der Waals surface area contributed by atoms with Crippen LogP contribution >= 0.6 is 22.6 Å². The van der Waals surface area contributed by atoms with E-state index in [1.54, 1.807) is 0 Å². The molecule has 1 N–H and O–H groups in total. The van der Waals surface area contributed by atoms with Crippen LogP contribution in [0, 0.1) is 3.57 Å². The van der Waals surface area contributed by atoms with Gasteiger partial charge in [-0.05, 0) is 80.8 Å². The van der Waals surface area contributed by atoms with Crippen molar-refractivity contribution < 1.29 is 0 Å². The quantitative estimate of drug-likeness (QED) is 0.637. The summed E-state index contributed by atoms with van der Waals surface area (Å²) in [5, 5.41) is 3.18. The fourth-order valence-corrected chi connectivity index (χ4v) is 2.05. The lowest BCUT2D eigenvalue weighted by Gasteiger charge is -2.25. The second kappa shape index (κ2) is 7.25. The molecule has 0 aliphatic rings. The van der Waals surface area contributed by atoms with E-state index in [2.05, 4.69) is 71.0 Å². The highest BCUT2D eigenvalue weighted by molar-refractivity contribution is 14.1. The van der Waals surface area contributed by atoms with Gasteiger partial charge in [0.1, 0.15) is 0 Å². The average Bonchev–Trinajstić information content (AvgIpc) is 2.29. The van der Waals surface area contributed by atoms with Gasteiger partial charge < -0.3 is 5.32 Å². The lowest BCUT2D eigenvalue weighted by atomic mass is 10.1. The number of rotatable bonds is 6. The van der Waals surface area contributed by atoms with Gasteiger partial charge in [-0.1, -0.05) is 12.1 Å². The van der Waals surface area contributed by atoms with Crippen molar-refractivity contribution in [2.75, 3.05) is 27.2 Å². The maximum atomic E-state index is 3.18. The molecule has 0 aliphatic carbocycles. The predicted octanol–water partition coefficient (Wildman–Crippen LogP) is 2.89. The molecule has 90 valence electrons. The van der Waals surface area contributed by atoms with E-state index in [1.165, 1.54) is 15.6 Å². The molecular formula is C13H21IN2. The molecule has 0 aliphatic heterocycles. The largest absolute Gasteiger partial charge is 0.320 e. The Morgan fingerprint density at radius 1 is 1.31 bits per heavy atom. The number of hydrogen-bond acceptors (Lipinski definition) is 2. The Morgan fingerprint density at radius 3 is 2.50 bits per heavy atom. The summed E-state index contributed by atoms with van der Waals surface area (Å²) in [5.74, 6) is 0. The number of nitrogens with one attached hydrogen (secondary N) is 1. The first-order valence-electron chi connectivity index (χ1n) is 5.75. The third kappa shape index (κ3) is 4.39. The van der Waals surface area contributed by atoms with Crippen LogP contribution in [0.15, 0.2) is 24.3 Å². The number of hydrogen-bond donors (Lipinski definition) is 1. The molecule has 0 saturated carbocycles. The fourth-order valence-electron chi connectivity index (χ4n) is 1.69. The molecule has 0 saturated heterocycles. The van der Waals surface area contributed by atoms with Gasteiger partial charge in [0, 0.05) is 9.61 Å². The molecule has 1 unspecified atom stereocenters. The molecule has 0 spiro atoms. The van der Waals surface area contributed by atoms with Gasteiger partial charge in [0.15, 0.2) is 0 Å². The minimum absolute atomic E-state index is 0.494. The second-order valence-corrected chi connectivity index (χ2v) is 5.41. The van der Waals surface area contributed by atoms with Crippen LogP contribution in [-0.2, 0) is 0 Å². The van der Waals surface area contributed by atoms with Gasteiger partial charge in [0.2, 0.25) is 0 Å². The highest BCUT2D eigenvalue weighted by atomic mass is 127. The van der Waals surface area contributed by atoms with E-state index in [0.717, 1.165) is 13.1 Å². The molecular weight excluding hydrogens is 311 g/mol. The molecule has 0 aromatic heterocycles. The van der Waals surface area contributed by atoms with Crippen molar-refractivity contribution in [3.63, 3.8) is 0 Å². The van der Waals surface area contributed by atoms with Crippen LogP contribution < -0.4 is 5.32 Å². The van der Waals surface area contributed by atoms with E-state index >= 15 is 0 Å². The molecule has 0 amide bonds. The summed E-state index contributed by atoms with van der Waals surface area (Å²) in [7, 11) is 4.20. The minimum atomic E-state index is 0.494. The van der Waals surface area contributed by atoms with E-state index in [1.807, 2.05) is 7.05 Å². The SMILES string of the molecule is CNCCCN(C)C(C)c1ccc(I)cc1. The zero-order valence-corrected chi connectivity index (χ0v) is 12.5. The molecule has 0 heterocycles. The monoisotopic (exact) mass is 332 g/mol. The summed E-state index contributed by atoms with van der Waals surface area (Å²) in [6, 6.07) is 9.29. The van der Waals surface area contributed by atoms with Crippen molar-refractivity contribution in [2.24, 2.45) is 0 Å². The third-order valence-electron chi connectivity index (χ3n) is 2.95. The van der Waals surface area contributed by atoms with Crippen molar-refractivity contribution in [1.29, 1.82) is 0 Å².